The summed E-state index contributed by atoms with van der Waals surface area (Å²) in [6.07, 6.45) is 1.80. The number of aliphatic carboxylic acids is 1. The van der Waals surface area contributed by atoms with Gasteiger partial charge in [0.05, 0.1) is 0 Å². The number of rotatable bonds is 4. The van der Waals surface area contributed by atoms with Crippen molar-refractivity contribution < 1.29 is 24.2 Å². The van der Waals surface area contributed by atoms with Gasteiger partial charge in [0.1, 0.15) is 13.2 Å². The summed E-state index contributed by atoms with van der Waals surface area (Å²) in [7, 11) is 0. The number of urea groups is 1. The monoisotopic (exact) mass is 258 g/mol. The fourth-order valence-corrected chi connectivity index (χ4v) is 1.94. The van der Waals surface area contributed by atoms with Crippen LogP contribution < -0.4 is 5.32 Å². The second-order valence-corrected chi connectivity index (χ2v) is 4.81. The van der Waals surface area contributed by atoms with Crippen LogP contribution in [0, 0.1) is 0 Å². The van der Waals surface area contributed by atoms with Gasteiger partial charge in [-0.05, 0) is 26.7 Å². The second-order valence-electron chi connectivity index (χ2n) is 4.81. The van der Waals surface area contributed by atoms with Crippen molar-refractivity contribution in [2.75, 3.05) is 19.8 Å². The first-order chi connectivity index (χ1) is 8.33. The molecule has 0 aromatic heterocycles. The van der Waals surface area contributed by atoms with E-state index in [9.17, 15) is 14.4 Å². The van der Waals surface area contributed by atoms with E-state index in [4.69, 9.17) is 5.11 Å². The van der Waals surface area contributed by atoms with Gasteiger partial charge in [-0.3, -0.25) is 10.1 Å². The number of ether oxygens (including phenoxy) is 1. The van der Waals surface area contributed by atoms with Crippen molar-refractivity contribution in [2.45, 2.75) is 32.2 Å². The molecule has 0 atom stereocenters. The highest BCUT2D eigenvalue weighted by molar-refractivity contribution is 5.95. The number of hydrogen-bond donors (Lipinski definition) is 2. The highest BCUT2D eigenvalue weighted by Gasteiger charge is 2.35. The molecule has 0 aliphatic carbocycles. The molecule has 0 unspecified atom stereocenters. The summed E-state index contributed by atoms with van der Waals surface area (Å²) in [5, 5.41) is 10.5. The van der Waals surface area contributed by atoms with Gasteiger partial charge < -0.3 is 14.7 Å². The molecule has 0 radical (unpaired) electrons. The SMILES string of the molecule is CC1(C)CCCN1C(=O)NC(=O)COCC(=O)O. The van der Waals surface area contributed by atoms with Crippen LogP contribution in [0.2, 0.25) is 0 Å². The Hall–Kier alpha value is -1.63. The lowest BCUT2D eigenvalue weighted by molar-refractivity contribution is -0.143. The highest BCUT2D eigenvalue weighted by Crippen LogP contribution is 2.27. The van der Waals surface area contributed by atoms with Crippen molar-refractivity contribution in [3.63, 3.8) is 0 Å². The zero-order valence-corrected chi connectivity index (χ0v) is 10.6. The fraction of sp³-hybridized carbons (Fsp3) is 0.727. The van der Waals surface area contributed by atoms with Gasteiger partial charge in [-0.1, -0.05) is 0 Å². The van der Waals surface area contributed by atoms with Gasteiger partial charge in [-0.15, -0.1) is 0 Å². The van der Waals surface area contributed by atoms with Gasteiger partial charge in [0, 0.05) is 12.1 Å². The van der Waals surface area contributed by atoms with Crippen LogP contribution in [-0.2, 0) is 14.3 Å². The third-order valence-electron chi connectivity index (χ3n) is 2.85. The van der Waals surface area contributed by atoms with E-state index in [1.807, 2.05) is 13.8 Å². The third kappa shape index (κ3) is 3.99. The molecule has 102 valence electrons. The molecule has 1 rings (SSSR count). The van der Waals surface area contributed by atoms with Gasteiger partial charge in [0.15, 0.2) is 0 Å². The van der Waals surface area contributed by atoms with Gasteiger partial charge in [0.25, 0.3) is 5.91 Å². The molecule has 3 amide bonds. The largest absolute Gasteiger partial charge is 0.480 e. The molecule has 1 aliphatic rings. The van der Waals surface area contributed by atoms with Crippen LogP contribution in [0.15, 0.2) is 0 Å². The van der Waals surface area contributed by atoms with E-state index in [1.165, 1.54) is 0 Å². The average molecular weight is 258 g/mol. The minimum Gasteiger partial charge on any atom is -0.480 e. The molecular weight excluding hydrogens is 240 g/mol. The molecule has 1 fully saturated rings. The number of likely N-dealkylation sites (tertiary alicyclic amines) is 1. The van der Waals surface area contributed by atoms with Crippen molar-refractivity contribution in [2.24, 2.45) is 0 Å². The van der Waals surface area contributed by atoms with E-state index in [2.05, 4.69) is 10.1 Å². The number of hydrogen-bond acceptors (Lipinski definition) is 4. The van der Waals surface area contributed by atoms with Gasteiger partial charge >= 0.3 is 12.0 Å². The van der Waals surface area contributed by atoms with Crippen molar-refractivity contribution in [3.8, 4) is 0 Å². The Morgan fingerprint density at radius 1 is 1.33 bits per heavy atom. The maximum Gasteiger partial charge on any atom is 0.329 e. The lowest BCUT2D eigenvalue weighted by Gasteiger charge is -2.31. The second kappa shape index (κ2) is 5.81. The lowest BCUT2D eigenvalue weighted by Crippen LogP contribution is -2.50. The lowest BCUT2D eigenvalue weighted by atomic mass is 10.0. The summed E-state index contributed by atoms with van der Waals surface area (Å²) in [4.78, 5) is 34.9. The van der Waals surface area contributed by atoms with E-state index >= 15 is 0 Å². The summed E-state index contributed by atoms with van der Waals surface area (Å²) in [6, 6.07) is -0.457. The molecule has 0 spiro atoms. The van der Waals surface area contributed by atoms with E-state index in [1.54, 1.807) is 4.90 Å². The van der Waals surface area contributed by atoms with Crippen LogP contribution in [0.25, 0.3) is 0 Å². The summed E-state index contributed by atoms with van der Waals surface area (Å²) < 4.78 is 4.59. The van der Waals surface area contributed by atoms with E-state index < -0.39 is 31.1 Å². The molecule has 0 aromatic rings. The zero-order chi connectivity index (χ0) is 13.8. The maximum absolute atomic E-state index is 11.8. The Labute approximate surface area is 105 Å². The number of nitrogens with zero attached hydrogens (tertiary/aromatic N) is 1. The number of nitrogens with one attached hydrogen (secondary N) is 1. The molecule has 18 heavy (non-hydrogen) atoms. The number of carboxylic acid groups (broad SMARTS) is 1. The summed E-state index contributed by atoms with van der Waals surface area (Å²) in [5.74, 6) is -1.79. The first-order valence-corrected chi connectivity index (χ1v) is 5.74. The standard InChI is InChI=1S/C11H18N2O5/c1-11(2)4-3-5-13(11)10(17)12-8(14)6-18-7-9(15)16/h3-7H2,1-2H3,(H,15,16)(H,12,14,17). The van der Waals surface area contributed by atoms with Gasteiger partial charge in [0.2, 0.25) is 0 Å². The maximum atomic E-state index is 11.8. The Kier molecular flexibility index (Phi) is 4.66. The molecule has 1 saturated heterocycles. The zero-order valence-electron chi connectivity index (χ0n) is 10.6. The van der Waals surface area contributed by atoms with E-state index in [0.29, 0.717) is 6.54 Å². The van der Waals surface area contributed by atoms with Crippen LogP contribution in [0.4, 0.5) is 4.79 Å². The predicted octanol–water partition coefficient (Wildman–Crippen LogP) is 0.198. The Morgan fingerprint density at radius 2 is 2.00 bits per heavy atom. The molecule has 1 aliphatic heterocycles. The van der Waals surface area contributed by atoms with Gasteiger partial charge in [-0.25, -0.2) is 9.59 Å². The molecular formula is C11H18N2O5. The van der Waals surface area contributed by atoms with Crippen LogP contribution in [-0.4, -0.2) is 53.2 Å². The molecule has 2 N–H and O–H groups in total. The van der Waals surface area contributed by atoms with Crippen LogP contribution in [0.3, 0.4) is 0 Å². The summed E-state index contributed by atoms with van der Waals surface area (Å²) in [6.45, 7) is 3.49. The Bertz CT molecular complexity index is 353. The molecule has 0 aromatic carbocycles. The Morgan fingerprint density at radius 3 is 2.50 bits per heavy atom. The number of carboxylic acids is 1. The first kappa shape index (κ1) is 14.4. The third-order valence-corrected chi connectivity index (χ3v) is 2.85. The minimum absolute atomic E-state index is 0.258. The predicted molar refractivity (Wildman–Crippen MR) is 62.0 cm³/mol. The van der Waals surface area contributed by atoms with Crippen molar-refractivity contribution in [1.82, 2.24) is 10.2 Å². The first-order valence-electron chi connectivity index (χ1n) is 5.74. The summed E-state index contributed by atoms with van der Waals surface area (Å²) >= 11 is 0. The smallest absolute Gasteiger partial charge is 0.329 e. The van der Waals surface area contributed by atoms with Crippen LogP contribution in [0.5, 0.6) is 0 Å². The van der Waals surface area contributed by atoms with E-state index in [-0.39, 0.29) is 5.54 Å². The normalized spacial score (nSPS) is 17.6. The molecule has 7 nitrogen and oxygen atoms in total. The van der Waals surface area contributed by atoms with Gasteiger partial charge in [-0.2, -0.15) is 0 Å². The molecule has 1 heterocycles. The van der Waals surface area contributed by atoms with Crippen molar-refractivity contribution >= 4 is 17.9 Å². The Balaban J connectivity index is 2.36. The van der Waals surface area contributed by atoms with E-state index in [0.717, 1.165) is 12.8 Å². The minimum atomic E-state index is -1.16. The summed E-state index contributed by atoms with van der Waals surface area (Å²) in [5.41, 5.74) is -0.258. The number of imide groups is 1. The topological polar surface area (TPSA) is 95.9 Å². The highest BCUT2D eigenvalue weighted by atomic mass is 16.5. The number of carbonyl (C=O) groups excluding carboxylic acids is 2. The molecule has 7 heteroatoms. The van der Waals surface area contributed by atoms with Crippen LogP contribution >= 0.6 is 0 Å². The number of amides is 3. The molecule has 0 bridgehead atoms. The van der Waals surface area contributed by atoms with Crippen molar-refractivity contribution in [3.05, 3.63) is 0 Å². The van der Waals surface area contributed by atoms with Crippen LogP contribution in [0.1, 0.15) is 26.7 Å². The van der Waals surface area contributed by atoms with Crippen molar-refractivity contribution in [1.29, 1.82) is 0 Å². The average Bonchev–Trinajstić information content (AvgIpc) is 2.57. The quantitative estimate of drug-likeness (QED) is 0.750. The molecule has 0 saturated carbocycles. The fourth-order valence-electron chi connectivity index (χ4n) is 1.94. The number of carbonyl (C=O) groups is 3.